The number of anilines is 1. The number of rotatable bonds is 6. The summed E-state index contributed by atoms with van der Waals surface area (Å²) in [5, 5.41) is 44.3. The zero-order valence-corrected chi connectivity index (χ0v) is 20.7. The summed E-state index contributed by atoms with van der Waals surface area (Å²) in [6, 6.07) is 1.86. The van der Waals surface area contributed by atoms with Crippen LogP contribution in [0.15, 0.2) is 12.1 Å². The number of hydrogen-bond donors (Lipinski definition) is 6. The lowest BCUT2D eigenvalue weighted by Crippen LogP contribution is -2.75. The lowest BCUT2D eigenvalue weighted by atomic mass is 9.52. The maximum absolute atomic E-state index is 13.8. The number of nitrogens with one attached hydrogen (secondary N) is 1. The lowest BCUT2D eigenvalue weighted by Gasteiger charge is -2.54. The van der Waals surface area contributed by atoms with Gasteiger partial charge in [-0.15, -0.1) is 0 Å². The number of nitrogens with two attached hydrogens (primary N) is 1. The van der Waals surface area contributed by atoms with Crippen molar-refractivity contribution < 1.29 is 49.2 Å². The number of carbonyl (C=O) groups excluding carboxylic acids is 5. The first-order valence-corrected chi connectivity index (χ1v) is 12.1. The number of carboxylic acids is 1. The van der Waals surface area contributed by atoms with E-state index in [-0.39, 0.29) is 30.5 Å². The molecule has 2 saturated carbocycles. The third-order valence-electron chi connectivity index (χ3n) is 8.00. The Morgan fingerprint density at radius 2 is 1.79 bits per heavy atom. The van der Waals surface area contributed by atoms with E-state index in [1.807, 2.05) is 0 Å². The zero-order valence-electron chi connectivity index (χ0n) is 20.7. The molecule has 0 heterocycles. The standard InChI is InChI=1S/C25H29N3O10/c1-28(2)18-11-8-10-7-9-3-4-12(27-13(29)5-6-14(30)31)19(32)15(9)20(33)16(10)22(35)25(11,38)23(36)17(21(18)34)24(26)37/h3-4,10-11,16-18,21,32,34,38H,5-8H2,1-2H3,(H2,26,37)(H,27,29)(H,30,31)/t10-,11-,16?,17?,18-,21?,25-/m1/s1. The third kappa shape index (κ3) is 4.06. The molecule has 3 unspecified atom stereocenters. The van der Waals surface area contributed by atoms with E-state index >= 15 is 0 Å². The van der Waals surface area contributed by atoms with Crippen LogP contribution >= 0.6 is 0 Å². The van der Waals surface area contributed by atoms with Gasteiger partial charge < -0.3 is 36.4 Å². The number of carboxylic acid groups (broad SMARTS) is 1. The fraction of sp³-hybridized carbons (Fsp3) is 0.520. The summed E-state index contributed by atoms with van der Waals surface area (Å²) in [6.07, 6.45) is -2.29. The molecule has 0 radical (unpaired) electrons. The number of aromatic hydroxyl groups is 1. The Bertz CT molecular complexity index is 1260. The molecule has 0 aromatic heterocycles. The number of Topliss-reactive ketones (excluding diaryl/α,β-unsaturated/α-hetero) is 3. The Kier molecular flexibility index (Phi) is 6.89. The van der Waals surface area contributed by atoms with Crippen molar-refractivity contribution in [3.63, 3.8) is 0 Å². The lowest BCUT2D eigenvalue weighted by molar-refractivity contribution is -0.190. The molecule has 1 aromatic rings. The van der Waals surface area contributed by atoms with Crippen LogP contribution in [-0.4, -0.2) is 92.3 Å². The number of nitrogens with zero attached hydrogens (tertiary/aromatic N) is 1. The Morgan fingerprint density at radius 1 is 1.13 bits per heavy atom. The van der Waals surface area contributed by atoms with E-state index in [1.165, 1.54) is 17.0 Å². The van der Waals surface area contributed by atoms with Gasteiger partial charge in [0, 0.05) is 18.4 Å². The molecule has 204 valence electrons. The number of aliphatic carboxylic acids is 1. The van der Waals surface area contributed by atoms with E-state index in [0.29, 0.717) is 5.56 Å². The molecule has 0 aliphatic heterocycles. The van der Waals surface area contributed by atoms with Gasteiger partial charge >= 0.3 is 5.97 Å². The molecule has 13 nitrogen and oxygen atoms in total. The second-order valence-corrected chi connectivity index (χ2v) is 10.4. The topological polar surface area (TPSA) is 225 Å². The zero-order chi connectivity index (χ0) is 28.3. The van der Waals surface area contributed by atoms with E-state index in [0.717, 1.165) is 0 Å². The molecule has 0 spiro atoms. The van der Waals surface area contributed by atoms with Crippen LogP contribution in [0.25, 0.3) is 0 Å². The molecule has 0 bridgehead atoms. The van der Waals surface area contributed by atoms with E-state index in [1.54, 1.807) is 14.1 Å². The quantitative estimate of drug-likeness (QED) is 0.182. The molecule has 1 aromatic carbocycles. The molecule has 2 amide bonds. The van der Waals surface area contributed by atoms with E-state index in [4.69, 9.17) is 10.8 Å². The second-order valence-electron chi connectivity index (χ2n) is 10.4. The minimum atomic E-state index is -2.76. The van der Waals surface area contributed by atoms with Crippen LogP contribution in [0.3, 0.4) is 0 Å². The molecule has 7 N–H and O–H groups in total. The Hall–Kier alpha value is -3.68. The number of fused-ring (bicyclic) bond motifs is 3. The molecular formula is C25H29N3O10. The molecule has 7 atom stereocenters. The maximum atomic E-state index is 13.8. The van der Waals surface area contributed by atoms with Crippen molar-refractivity contribution in [3.05, 3.63) is 23.3 Å². The van der Waals surface area contributed by atoms with Crippen LogP contribution < -0.4 is 11.1 Å². The minimum Gasteiger partial charge on any atom is -0.505 e. The van der Waals surface area contributed by atoms with Gasteiger partial charge in [0.25, 0.3) is 0 Å². The fourth-order valence-corrected chi connectivity index (χ4v) is 6.33. The van der Waals surface area contributed by atoms with Crippen LogP contribution in [0.1, 0.15) is 35.2 Å². The van der Waals surface area contributed by atoms with Crippen molar-refractivity contribution in [1.29, 1.82) is 0 Å². The number of phenolic OH excluding ortho intramolecular Hbond substituents is 1. The molecule has 13 heteroatoms. The van der Waals surface area contributed by atoms with Crippen molar-refractivity contribution in [2.24, 2.45) is 29.4 Å². The van der Waals surface area contributed by atoms with Crippen LogP contribution in [-0.2, 0) is 30.4 Å². The van der Waals surface area contributed by atoms with Gasteiger partial charge in [0.1, 0.15) is 11.7 Å². The number of aliphatic hydroxyl groups excluding tert-OH is 1. The van der Waals surface area contributed by atoms with Gasteiger partial charge in [0.2, 0.25) is 11.8 Å². The summed E-state index contributed by atoms with van der Waals surface area (Å²) in [5.74, 6) is -12.2. The molecule has 4 rings (SSSR count). The van der Waals surface area contributed by atoms with Crippen molar-refractivity contribution in [2.45, 2.75) is 43.4 Å². The van der Waals surface area contributed by atoms with Crippen LogP contribution in [0, 0.1) is 23.7 Å². The van der Waals surface area contributed by atoms with E-state index in [9.17, 15) is 44.1 Å². The van der Waals surface area contributed by atoms with Crippen LogP contribution in [0.5, 0.6) is 5.75 Å². The summed E-state index contributed by atoms with van der Waals surface area (Å²) < 4.78 is 0. The number of amides is 2. The highest BCUT2D eigenvalue weighted by molar-refractivity contribution is 6.25. The predicted molar refractivity (Wildman–Crippen MR) is 128 cm³/mol. The highest BCUT2D eigenvalue weighted by atomic mass is 16.4. The van der Waals surface area contributed by atoms with Gasteiger partial charge in [-0.25, -0.2) is 0 Å². The number of likely N-dealkylation sites (N-methyl/N-ethyl adjacent to an activating group) is 1. The fourth-order valence-electron chi connectivity index (χ4n) is 6.33. The van der Waals surface area contributed by atoms with E-state index in [2.05, 4.69) is 5.32 Å². The Morgan fingerprint density at radius 3 is 2.37 bits per heavy atom. The monoisotopic (exact) mass is 531 g/mol. The van der Waals surface area contributed by atoms with Crippen molar-refractivity contribution in [3.8, 4) is 5.75 Å². The van der Waals surface area contributed by atoms with Gasteiger partial charge in [-0.1, -0.05) is 6.07 Å². The number of benzene rings is 1. The minimum absolute atomic E-state index is 0.0103. The molecule has 38 heavy (non-hydrogen) atoms. The summed E-state index contributed by atoms with van der Waals surface area (Å²) in [5.41, 5.74) is 2.55. The van der Waals surface area contributed by atoms with Crippen molar-refractivity contribution >= 4 is 40.8 Å². The number of hydrogen-bond acceptors (Lipinski definition) is 10. The number of primary amides is 1. The Balaban J connectivity index is 1.73. The van der Waals surface area contributed by atoms with Gasteiger partial charge in [0.05, 0.1) is 29.7 Å². The maximum Gasteiger partial charge on any atom is 0.303 e. The first kappa shape index (κ1) is 27.4. The van der Waals surface area contributed by atoms with Crippen LogP contribution in [0.4, 0.5) is 5.69 Å². The number of phenols is 1. The van der Waals surface area contributed by atoms with Gasteiger partial charge in [-0.2, -0.15) is 0 Å². The summed E-state index contributed by atoms with van der Waals surface area (Å²) in [7, 11) is 3.12. The second kappa shape index (κ2) is 9.57. The van der Waals surface area contributed by atoms with Gasteiger partial charge in [0.15, 0.2) is 23.0 Å². The van der Waals surface area contributed by atoms with E-state index < -0.39 is 88.7 Å². The number of ketones is 3. The first-order chi connectivity index (χ1) is 17.7. The summed E-state index contributed by atoms with van der Waals surface area (Å²) in [4.78, 5) is 77.0. The Labute approximate surface area is 216 Å². The smallest absolute Gasteiger partial charge is 0.303 e. The largest absolute Gasteiger partial charge is 0.505 e. The summed E-state index contributed by atoms with van der Waals surface area (Å²) >= 11 is 0. The van der Waals surface area contributed by atoms with Crippen molar-refractivity contribution in [1.82, 2.24) is 4.90 Å². The number of carbonyl (C=O) groups is 6. The third-order valence-corrected chi connectivity index (χ3v) is 8.00. The first-order valence-electron chi connectivity index (χ1n) is 12.1. The van der Waals surface area contributed by atoms with Crippen LogP contribution in [0.2, 0.25) is 0 Å². The molecular weight excluding hydrogens is 502 g/mol. The predicted octanol–water partition coefficient (Wildman–Crippen LogP) is -1.54. The highest BCUT2D eigenvalue weighted by Gasteiger charge is 2.69. The van der Waals surface area contributed by atoms with Gasteiger partial charge in [-0.05, 0) is 44.5 Å². The normalized spacial score (nSPS) is 32.3. The molecule has 2 fully saturated rings. The number of aliphatic hydroxyl groups is 2. The SMILES string of the molecule is CN(C)[C@H]1C(O)C(C(N)=O)C(=O)[C@]2(O)C(=O)C3C(=O)c4c(ccc(NC(=O)CCC(=O)O)c4O)C[C@@H]3C[C@H]12. The molecule has 3 aliphatic carbocycles. The molecule has 0 saturated heterocycles. The average Bonchev–Trinajstić information content (AvgIpc) is 2.81. The average molecular weight is 532 g/mol. The summed E-state index contributed by atoms with van der Waals surface area (Å²) in [6.45, 7) is 0. The molecule has 3 aliphatic rings. The van der Waals surface area contributed by atoms with Crippen molar-refractivity contribution in [2.75, 3.05) is 19.4 Å². The highest BCUT2D eigenvalue weighted by Crippen LogP contribution is 2.51. The van der Waals surface area contributed by atoms with Gasteiger partial charge in [-0.3, -0.25) is 28.8 Å².